The van der Waals surface area contributed by atoms with Crippen molar-refractivity contribution >= 4 is 23.1 Å². The summed E-state index contributed by atoms with van der Waals surface area (Å²) in [5.41, 5.74) is 0.762. The predicted molar refractivity (Wildman–Crippen MR) is 108 cm³/mol. The molecule has 29 heavy (non-hydrogen) atoms. The van der Waals surface area contributed by atoms with Gasteiger partial charge >= 0.3 is 0 Å². The molecule has 0 aromatic heterocycles. The first kappa shape index (κ1) is 20.5. The number of hydrogen-bond donors (Lipinski definition) is 0. The van der Waals surface area contributed by atoms with Crippen LogP contribution in [0.15, 0.2) is 53.5 Å². The molecule has 0 fully saturated rings. The molecule has 0 saturated heterocycles. The van der Waals surface area contributed by atoms with Crippen molar-refractivity contribution in [3.8, 4) is 23.0 Å². The van der Waals surface area contributed by atoms with E-state index >= 15 is 0 Å². The maximum Gasteiger partial charge on any atom is 0.153 e. The Hall–Kier alpha value is -3.26. The van der Waals surface area contributed by atoms with Crippen LogP contribution in [0.5, 0.6) is 0 Å². The Bertz CT molecular complexity index is 1180. The highest BCUT2D eigenvalue weighted by atomic mass is 32.1. The maximum absolute atomic E-state index is 14.5. The molecule has 0 aliphatic rings. The third kappa shape index (κ3) is 4.60. The van der Waals surface area contributed by atoms with Crippen LogP contribution in [0, 0.1) is 35.1 Å². The van der Waals surface area contributed by atoms with E-state index in [1.54, 1.807) is 12.1 Å². The lowest BCUT2D eigenvalue weighted by molar-refractivity contribution is 0.588. The Morgan fingerprint density at radius 1 is 0.828 bits per heavy atom. The molecule has 0 aliphatic heterocycles. The zero-order valence-corrected chi connectivity index (χ0v) is 16.0. The monoisotopic (exact) mass is 411 g/mol. The van der Waals surface area contributed by atoms with E-state index in [1.807, 2.05) is 12.1 Å². The molecule has 0 spiro atoms. The van der Waals surface area contributed by atoms with Crippen LogP contribution in [0.2, 0.25) is 0 Å². The molecule has 0 N–H and O–H groups in total. The Morgan fingerprint density at radius 2 is 1.55 bits per heavy atom. The van der Waals surface area contributed by atoms with Gasteiger partial charge in [-0.2, -0.15) is 4.99 Å². The second kappa shape index (κ2) is 8.83. The number of halogens is 4. The van der Waals surface area contributed by atoms with E-state index in [9.17, 15) is 17.6 Å². The van der Waals surface area contributed by atoms with E-state index in [4.69, 9.17) is 0 Å². The summed E-state index contributed by atoms with van der Waals surface area (Å²) in [7, 11) is 0. The van der Waals surface area contributed by atoms with E-state index in [0.29, 0.717) is 12.0 Å². The van der Waals surface area contributed by atoms with Crippen LogP contribution in [0.25, 0.3) is 11.1 Å². The molecule has 0 saturated carbocycles. The fourth-order valence-electron chi connectivity index (χ4n) is 2.72. The molecule has 3 aromatic rings. The number of isothiocyanates is 1. The largest absolute Gasteiger partial charge is 0.206 e. The van der Waals surface area contributed by atoms with Crippen molar-refractivity contribution in [3.05, 3.63) is 88.5 Å². The van der Waals surface area contributed by atoms with Crippen LogP contribution in [-0.2, 0) is 6.42 Å². The predicted octanol–water partition coefficient (Wildman–Crippen LogP) is 6.61. The fraction of sp³-hybridized carbons (Fsp3) is 0.0870. The zero-order valence-electron chi connectivity index (χ0n) is 15.2. The zero-order chi connectivity index (χ0) is 21.0. The Morgan fingerprint density at radius 3 is 2.14 bits per heavy atom. The third-order valence-electron chi connectivity index (χ3n) is 4.24. The van der Waals surface area contributed by atoms with Gasteiger partial charge in [-0.25, -0.2) is 17.6 Å². The summed E-state index contributed by atoms with van der Waals surface area (Å²) in [5, 5.41) is 1.89. The molecular weight excluding hydrogens is 398 g/mol. The second-order valence-corrected chi connectivity index (χ2v) is 6.29. The van der Waals surface area contributed by atoms with Gasteiger partial charge in [0, 0.05) is 11.1 Å². The topological polar surface area (TPSA) is 12.4 Å². The lowest BCUT2D eigenvalue weighted by Crippen LogP contribution is -1.91. The van der Waals surface area contributed by atoms with Crippen LogP contribution >= 0.6 is 12.2 Å². The van der Waals surface area contributed by atoms with Gasteiger partial charge in [-0.15, -0.1) is 0 Å². The summed E-state index contributed by atoms with van der Waals surface area (Å²) in [6.45, 7) is 1.92. The minimum absolute atomic E-state index is 0.00141. The molecule has 3 rings (SSSR count). The highest BCUT2D eigenvalue weighted by Crippen LogP contribution is 2.30. The van der Waals surface area contributed by atoms with E-state index in [1.165, 1.54) is 18.2 Å². The van der Waals surface area contributed by atoms with Gasteiger partial charge in [-0.3, -0.25) is 0 Å². The summed E-state index contributed by atoms with van der Waals surface area (Å²) in [5.74, 6) is 2.24. The Balaban J connectivity index is 1.94. The first-order chi connectivity index (χ1) is 13.9. The van der Waals surface area contributed by atoms with Gasteiger partial charge in [-0.05, 0) is 66.2 Å². The first-order valence-electron chi connectivity index (χ1n) is 8.60. The maximum atomic E-state index is 14.5. The van der Waals surface area contributed by atoms with Gasteiger partial charge in [0.05, 0.1) is 10.7 Å². The lowest BCUT2D eigenvalue weighted by atomic mass is 10.0. The van der Waals surface area contributed by atoms with E-state index in [-0.39, 0.29) is 16.7 Å². The van der Waals surface area contributed by atoms with Crippen LogP contribution in [0.1, 0.15) is 23.6 Å². The Labute approximate surface area is 170 Å². The number of benzene rings is 3. The summed E-state index contributed by atoms with van der Waals surface area (Å²) in [6, 6.07) is 10.6. The van der Waals surface area contributed by atoms with Gasteiger partial charge < -0.3 is 0 Å². The quantitative estimate of drug-likeness (QED) is 0.205. The summed E-state index contributed by atoms with van der Waals surface area (Å²) >= 11 is 4.35. The second-order valence-electron chi connectivity index (χ2n) is 6.10. The smallest absolute Gasteiger partial charge is 0.153 e. The molecule has 144 valence electrons. The van der Waals surface area contributed by atoms with Gasteiger partial charge in [0.15, 0.2) is 11.6 Å². The standard InChI is InChI=1S/C23H13F4NS/c1-2-14-3-6-16(19(24)9-14)7-4-15-5-8-18(20(25)10-15)17-11-21(26)23(28-13-29)22(27)12-17/h3,5-6,8-12H,2H2,1H3. The molecule has 0 bridgehead atoms. The summed E-state index contributed by atoms with van der Waals surface area (Å²) in [4.78, 5) is 3.32. The van der Waals surface area contributed by atoms with E-state index < -0.39 is 29.0 Å². The highest BCUT2D eigenvalue weighted by molar-refractivity contribution is 7.78. The molecule has 0 heterocycles. The van der Waals surface area contributed by atoms with Crippen LogP contribution in [0.4, 0.5) is 23.2 Å². The number of aryl methyl sites for hydroxylation is 1. The number of rotatable bonds is 3. The molecule has 0 aliphatic carbocycles. The summed E-state index contributed by atoms with van der Waals surface area (Å²) < 4.78 is 56.5. The molecule has 0 unspecified atom stereocenters. The number of nitrogens with zero attached hydrogens (tertiary/aromatic N) is 1. The number of thiocarbonyl (C=S) groups is 1. The van der Waals surface area contributed by atoms with Crippen LogP contribution in [-0.4, -0.2) is 5.16 Å². The van der Waals surface area contributed by atoms with Crippen LogP contribution in [0.3, 0.4) is 0 Å². The van der Waals surface area contributed by atoms with Crippen molar-refractivity contribution < 1.29 is 17.6 Å². The average molecular weight is 411 g/mol. The molecule has 1 nitrogen and oxygen atoms in total. The molecule has 0 radical (unpaired) electrons. The molecular formula is C23H13F4NS. The number of hydrogen-bond acceptors (Lipinski definition) is 2. The third-order valence-corrected chi connectivity index (χ3v) is 4.33. The van der Waals surface area contributed by atoms with Gasteiger partial charge in [-0.1, -0.05) is 30.9 Å². The molecule has 0 atom stereocenters. The lowest BCUT2D eigenvalue weighted by Gasteiger charge is -2.06. The van der Waals surface area contributed by atoms with Crippen molar-refractivity contribution in [2.45, 2.75) is 13.3 Å². The van der Waals surface area contributed by atoms with Crippen molar-refractivity contribution in [1.82, 2.24) is 0 Å². The highest BCUT2D eigenvalue weighted by Gasteiger charge is 2.14. The average Bonchev–Trinajstić information content (AvgIpc) is 2.69. The normalized spacial score (nSPS) is 10.1. The van der Waals surface area contributed by atoms with Crippen molar-refractivity contribution in [3.63, 3.8) is 0 Å². The molecule has 6 heteroatoms. The van der Waals surface area contributed by atoms with Crippen molar-refractivity contribution in [2.24, 2.45) is 4.99 Å². The summed E-state index contributed by atoms with van der Waals surface area (Å²) in [6.07, 6.45) is 0.706. The van der Waals surface area contributed by atoms with E-state index in [2.05, 4.69) is 29.1 Å². The van der Waals surface area contributed by atoms with Gasteiger partial charge in [0.2, 0.25) is 0 Å². The van der Waals surface area contributed by atoms with Crippen molar-refractivity contribution in [1.29, 1.82) is 0 Å². The van der Waals surface area contributed by atoms with Gasteiger partial charge in [0.25, 0.3) is 0 Å². The Kier molecular flexibility index (Phi) is 6.23. The minimum Gasteiger partial charge on any atom is -0.206 e. The van der Waals surface area contributed by atoms with Crippen LogP contribution < -0.4 is 0 Å². The minimum atomic E-state index is -0.980. The van der Waals surface area contributed by atoms with Crippen molar-refractivity contribution in [2.75, 3.05) is 0 Å². The first-order valence-corrected chi connectivity index (χ1v) is 9.01. The molecule has 3 aromatic carbocycles. The number of aliphatic imine (C=N–C) groups is 1. The SMILES string of the molecule is CCc1ccc(C#Cc2ccc(-c3cc(F)c(N=C=S)c(F)c3)c(F)c2)c(F)c1. The fourth-order valence-corrected chi connectivity index (χ4v) is 2.81. The van der Waals surface area contributed by atoms with Gasteiger partial charge in [0.1, 0.15) is 17.3 Å². The molecule has 0 amide bonds. The van der Waals surface area contributed by atoms with E-state index in [0.717, 1.165) is 23.8 Å².